The van der Waals surface area contributed by atoms with E-state index in [-0.39, 0.29) is 12.5 Å². The summed E-state index contributed by atoms with van der Waals surface area (Å²) in [4.78, 5) is 18.4. The second-order valence-corrected chi connectivity index (χ2v) is 6.37. The third-order valence-corrected chi connectivity index (χ3v) is 4.29. The van der Waals surface area contributed by atoms with Crippen molar-refractivity contribution in [2.45, 2.75) is 19.6 Å². The molecule has 0 bridgehead atoms. The third-order valence-electron chi connectivity index (χ3n) is 4.29. The summed E-state index contributed by atoms with van der Waals surface area (Å²) in [6.07, 6.45) is -0.669. The fourth-order valence-corrected chi connectivity index (χ4v) is 2.68. The molecule has 0 N–H and O–H groups in total. The van der Waals surface area contributed by atoms with Crippen LogP contribution in [-0.2, 0) is 11.3 Å². The summed E-state index contributed by atoms with van der Waals surface area (Å²) in [6.45, 7) is 1.87. The van der Waals surface area contributed by atoms with Gasteiger partial charge < -0.3 is 23.6 Å². The summed E-state index contributed by atoms with van der Waals surface area (Å²) < 4.78 is 21.2. The molecule has 1 aromatic heterocycles. The van der Waals surface area contributed by atoms with Crippen LogP contribution >= 0.6 is 0 Å². The number of carbonyl (C=O) groups is 1. The van der Waals surface area contributed by atoms with Crippen molar-refractivity contribution < 1.29 is 23.5 Å². The normalized spacial score (nSPS) is 11.6. The molecule has 152 valence electrons. The molecule has 0 radical (unpaired) electrons. The number of methoxy groups -OCH3 is 2. The second kappa shape index (κ2) is 9.09. The molecule has 0 aliphatic rings. The summed E-state index contributed by atoms with van der Waals surface area (Å²) in [6, 6.07) is 14.4. The average molecular weight is 397 g/mol. The lowest BCUT2D eigenvalue weighted by Crippen LogP contribution is -2.37. The van der Waals surface area contributed by atoms with E-state index in [1.54, 1.807) is 52.5 Å². The van der Waals surface area contributed by atoms with Gasteiger partial charge >= 0.3 is 0 Å². The van der Waals surface area contributed by atoms with E-state index >= 15 is 0 Å². The summed E-state index contributed by atoms with van der Waals surface area (Å²) in [5.74, 6) is 2.63. The molecule has 3 rings (SSSR count). The highest BCUT2D eigenvalue weighted by atomic mass is 16.5. The Balaban J connectivity index is 1.59. The van der Waals surface area contributed by atoms with Crippen LogP contribution in [0.5, 0.6) is 17.2 Å². The van der Waals surface area contributed by atoms with E-state index in [0.717, 1.165) is 17.1 Å². The number of amides is 1. The molecule has 1 amide bonds. The number of likely N-dealkylation sites (N-methyl/N-ethyl adjacent to an activating group) is 1. The number of hydrogen-bond donors (Lipinski definition) is 0. The van der Waals surface area contributed by atoms with Crippen molar-refractivity contribution in [2.75, 3.05) is 21.3 Å². The Morgan fingerprint density at radius 2 is 1.55 bits per heavy atom. The van der Waals surface area contributed by atoms with Crippen LogP contribution in [0.4, 0.5) is 0 Å². The van der Waals surface area contributed by atoms with Gasteiger partial charge in [-0.25, -0.2) is 0 Å². The van der Waals surface area contributed by atoms with E-state index in [1.807, 2.05) is 24.3 Å². The monoisotopic (exact) mass is 397 g/mol. The molecule has 0 saturated carbocycles. The number of aromatic nitrogens is 2. The standard InChI is InChI=1S/C21H23N3O5/c1-14(28-18-11-9-17(27-4)10-12-18)21(25)24(2)13-19-22-20(23-29-19)15-5-7-16(26-3)8-6-15/h5-12,14H,13H2,1-4H3/t14-/m1/s1. The Hall–Kier alpha value is -3.55. The van der Waals surface area contributed by atoms with Gasteiger partial charge in [0.1, 0.15) is 17.2 Å². The summed E-state index contributed by atoms with van der Waals surface area (Å²) in [5, 5.41) is 3.98. The lowest BCUT2D eigenvalue weighted by Gasteiger charge is -2.20. The minimum Gasteiger partial charge on any atom is -0.497 e. The molecule has 0 fully saturated rings. The van der Waals surface area contributed by atoms with Gasteiger partial charge in [0.15, 0.2) is 6.10 Å². The molecule has 0 unspecified atom stereocenters. The van der Waals surface area contributed by atoms with Crippen molar-refractivity contribution in [3.05, 3.63) is 54.4 Å². The fourth-order valence-electron chi connectivity index (χ4n) is 2.68. The number of ether oxygens (including phenoxy) is 3. The Kier molecular flexibility index (Phi) is 6.33. The SMILES string of the molecule is COc1ccc(O[C@H](C)C(=O)N(C)Cc2nc(-c3ccc(OC)cc3)no2)cc1. The van der Waals surface area contributed by atoms with Crippen molar-refractivity contribution in [3.63, 3.8) is 0 Å². The molecular formula is C21H23N3O5. The first kappa shape index (κ1) is 20.2. The van der Waals surface area contributed by atoms with E-state index in [0.29, 0.717) is 17.5 Å². The van der Waals surface area contributed by atoms with Crippen molar-refractivity contribution in [1.29, 1.82) is 0 Å². The van der Waals surface area contributed by atoms with Gasteiger partial charge in [-0.05, 0) is 55.5 Å². The molecule has 2 aromatic carbocycles. The Bertz CT molecular complexity index is 938. The van der Waals surface area contributed by atoms with Gasteiger partial charge in [0.2, 0.25) is 11.7 Å². The quantitative estimate of drug-likeness (QED) is 0.577. The highest BCUT2D eigenvalue weighted by molar-refractivity contribution is 5.80. The van der Waals surface area contributed by atoms with Crippen LogP contribution in [0.3, 0.4) is 0 Å². The minimum absolute atomic E-state index is 0.179. The Labute approximate surface area is 169 Å². The van der Waals surface area contributed by atoms with Crippen molar-refractivity contribution in [1.82, 2.24) is 15.0 Å². The molecule has 8 nitrogen and oxygen atoms in total. The van der Waals surface area contributed by atoms with Gasteiger partial charge in [-0.3, -0.25) is 4.79 Å². The van der Waals surface area contributed by atoms with Crippen LogP contribution in [0, 0.1) is 0 Å². The number of rotatable bonds is 8. The lowest BCUT2D eigenvalue weighted by molar-refractivity contribution is -0.137. The van der Waals surface area contributed by atoms with E-state index in [1.165, 1.54) is 4.90 Å². The molecular weight excluding hydrogens is 374 g/mol. The van der Waals surface area contributed by atoms with Crippen LogP contribution in [0.15, 0.2) is 53.1 Å². The molecule has 1 heterocycles. The van der Waals surface area contributed by atoms with Gasteiger partial charge in [0, 0.05) is 12.6 Å². The fraction of sp³-hybridized carbons (Fsp3) is 0.286. The first-order chi connectivity index (χ1) is 14.0. The van der Waals surface area contributed by atoms with E-state index in [2.05, 4.69) is 10.1 Å². The minimum atomic E-state index is -0.669. The summed E-state index contributed by atoms with van der Waals surface area (Å²) in [7, 11) is 4.86. The molecule has 0 aliphatic heterocycles. The zero-order valence-electron chi connectivity index (χ0n) is 16.8. The summed E-state index contributed by atoms with van der Waals surface area (Å²) in [5.41, 5.74) is 0.797. The summed E-state index contributed by atoms with van der Waals surface area (Å²) >= 11 is 0. The number of hydrogen-bond acceptors (Lipinski definition) is 7. The topological polar surface area (TPSA) is 86.9 Å². The molecule has 29 heavy (non-hydrogen) atoms. The maximum absolute atomic E-state index is 12.6. The van der Waals surface area contributed by atoms with Crippen LogP contribution in [0.25, 0.3) is 11.4 Å². The van der Waals surface area contributed by atoms with Crippen LogP contribution < -0.4 is 14.2 Å². The smallest absolute Gasteiger partial charge is 0.263 e. The van der Waals surface area contributed by atoms with Crippen LogP contribution in [-0.4, -0.2) is 48.3 Å². The van der Waals surface area contributed by atoms with Gasteiger partial charge in [-0.15, -0.1) is 0 Å². The third kappa shape index (κ3) is 5.04. The van der Waals surface area contributed by atoms with Gasteiger partial charge in [0.25, 0.3) is 5.91 Å². The first-order valence-corrected chi connectivity index (χ1v) is 9.03. The maximum Gasteiger partial charge on any atom is 0.263 e. The zero-order valence-corrected chi connectivity index (χ0v) is 16.8. The van der Waals surface area contributed by atoms with E-state index in [4.69, 9.17) is 18.7 Å². The van der Waals surface area contributed by atoms with E-state index < -0.39 is 6.10 Å². The number of carbonyl (C=O) groups excluding carboxylic acids is 1. The van der Waals surface area contributed by atoms with Crippen LogP contribution in [0.2, 0.25) is 0 Å². The maximum atomic E-state index is 12.6. The molecule has 0 aliphatic carbocycles. The van der Waals surface area contributed by atoms with E-state index in [9.17, 15) is 4.79 Å². The average Bonchev–Trinajstić information content (AvgIpc) is 3.22. The first-order valence-electron chi connectivity index (χ1n) is 9.03. The lowest BCUT2D eigenvalue weighted by atomic mass is 10.2. The van der Waals surface area contributed by atoms with Crippen LogP contribution in [0.1, 0.15) is 12.8 Å². The van der Waals surface area contributed by atoms with Gasteiger partial charge in [0.05, 0.1) is 20.8 Å². The van der Waals surface area contributed by atoms with Crippen molar-refractivity contribution >= 4 is 5.91 Å². The highest BCUT2D eigenvalue weighted by Crippen LogP contribution is 2.21. The molecule has 3 aromatic rings. The number of benzene rings is 2. The van der Waals surface area contributed by atoms with Gasteiger partial charge in [-0.1, -0.05) is 5.16 Å². The van der Waals surface area contributed by atoms with Gasteiger partial charge in [-0.2, -0.15) is 4.98 Å². The zero-order chi connectivity index (χ0) is 20.8. The predicted octanol–water partition coefficient (Wildman–Crippen LogP) is 3.18. The predicted molar refractivity (Wildman–Crippen MR) is 106 cm³/mol. The number of nitrogens with zero attached hydrogens (tertiary/aromatic N) is 3. The highest BCUT2D eigenvalue weighted by Gasteiger charge is 2.21. The second-order valence-electron chi connectivity index (χ2n) is 6.37. The van der Waals surface area contributed by atoms with Crippen molar-refractivity contribution in [3.8, 4) is 28.6 Å². The molecule has 0 spiro atoms. The Morgan fingerprint density at radius 1 is 1.00 bits per heavy atom. The molecule has 0 saturated heterocycles. The molecule has 8 heteroatoms. The Morgan fingerprint density at radius 3 is 2.14 bits per heavy atom. The van der Waals surface area contributed by atoms with Crippen molar-refractivity contribution in [2.24, 2.45) is 0 Å². The largest absolute Gasteiger partial charge is 0.497 e. The molecule has 1 atom stereocenters.